The van der Waals surface area contributed by atoms with E-state index in [1.54, 1.807) is 6.07 Å². The number of piperidine rings is 1. The number of amides is 2. The first kappa shape index (κ1) is 17.5. The van der Waals surface area contributed by atoms with Crippen LogP contribution in [0.1, 0.15) is 42.6 Å². The van der Waals surface area contributed by atoms with Crippen molar-refractivity contribution in [3.8, 4) is 0 Å². The highest BCUT2D eigenvalue weighted by molar-refractivity contribution is 5.98. The van der Waals surface area contributed by atoms with Gasteiger partial charge in [-0.2, -0.15) is 0 Å². The van der Waals surface area contributed by atoms with Gasteiger partial charge in [-0.3, -0.25) is 9.59 Å². The van der Waals surface area contributed by atoms with E-state index in [0.29, 0.717) is 5.56 Å². The first-order valence-corrected chi connectivity index (χ1v) is 8.36. The molecule has 2 rings (SSSR count). The average Bonchev–Trinajstić information content (AvgIpc) is 2.53. The van der Waals surface area contributed by atoms with Crippen LogP contribution in [0.3, 0.4) is 0 Å². The molecular formula is C18H27N3O2. The summed E-state index contributed by atoms with van der Waals surface area (Å²) in [5.74, 6) is -0.270. The van der Waals surface area contributed by atoms with Gasteiger partial charge in [0.2, 0.25) is 5.91 Å². The van der Waals surface area contributed by atoms with Crippen LogP contribution in [0, 0.1) is 12.8 Å². The molecule has 1 saturated heterocycles. The summed E-state index contributed by atoms with van der Waals surface area (Å²) in [6.07, 6.45) is 2.04. The van der Waals surface area contributed by atoms with Crippen molar-refractivity contribution >= 4 is 11.8 Å². The van der Waals surface area contributed by atoms with E-state index in [2.05, 4.69) is 16.0 Å². The van der Waals surface area contributed by atoms with E-state index >= 15 is 0 Å². The van der Waals surface area contributed by atoms with Crippen molar-refractivity contribution in [2.75, 3.05) is 13.1 Å². The molecule has 0 aromatic heterocycles. The van der Waals surface area contributed by atoms with Crippen LogP contribution in [0.5, 0.6) is 0 Å². The minimum Gasteiger partial charge on any atom is -0.350 e. The van der Waals surface area contributed by atoms with E-state index in [1.807, 2.05) is 39.0 Å². The van der Waals surface area contributed by atoms with Crippen LogP contribution in [0.2, 0.25) is 0 Å². The maximum Gasteiger partial charge on any atom is 0.252 e. The molecule has 1 aliphatic heterocycles. The predicted molar refractivity (Wildman–Crippen MR) is 91.3 cm³/mol. The van der Waals surface area contributed by atoms with Crippen LogP contribution in [0.25, 0.3) is 0 Å². The van der Waals surface area contributed by atoms with Crippen molar-refractivity contribution in [1.82, 2.24) is 16.0 Å². The lowest BCUT2D eigenvalue weighted by Crippen LogP contribution is -2.54. The van der Waals surface area contributed by atoms with Crippen LogP contribution >= 0.6 is 0 Å². The lowest BCUT2D eigenvalue weighted by Gasteiger charge is -2.28. The Morgan fingerprint density at radius 1 is 1.26 bits per heavy atom. The Morgan fingerprint density at radius 3 is 2.61 bits per heavy atom. The quantitative estimate of drug-likeness (QED) is 0.773. The van der Waals surface area contributed by atoms with Gasteiger partial charge in [0.1, 0.15) is 6.04 Å². The summed E-state index contributed by atoms with van der Waals surface area (Å²) in [4.78, 5) is 25.0. The molecule has 0 spiro atoms. The van der Waals surface area contributed by atoms with Gasteiger partial charge in [-0.15, -0.1) is 0 Å². The predicted octanol–water partition coefficient (Wildman–Crippen LogP) is 1.62. The summed E-state index contributed by atoms with van der Waals surface area (Å²) in [6.45, 7) is 7.59. The Kier molecular flexibility index (Phi) is 6.16. The number of benzene rings is 1. The Bertz CT molecular complexity index is 551. The zero-order valence-corrected chi connectivity index (χ0v) is 14.2. The molecule has 1 fully saturated rings. The van der Waals surface area contributed by atoms with E-state index in [9.17, 15) is 9.59 Å². The molecule has 1 unspecified atom stereocenters. The van der Waals surface area contributed by atoms with Gasteiger partial charge < -0.3 is 16.0 Å². The lowest BCUT2D eigenvalue weighted by molar-refractivity contribution is -0.124. The normalized spacial score (nSPS) is 19.2. The summed E-state index contributed by atoms with van der Waals surface area (Å²) < 4.78 is 0. The van der Waals surface area contributed by atoms with Crippen LogP contribution in [0.4, 0.5) is 0 Å². The Labute approximate surface area is 138 Å². The van der Waals surface area contributed by atoms with Crippen molar-refractivity contribution in [3.63, 3.8) is 0 Å². The summed E-state index contributed by atoms with van der Waals surface area (Å²) in [5, 5.41) is 9.23. The molecule has 3 N–H and O–H groups in total. The van der Waals surface area contributed by atoms with Crippen molar-refractivity contribution in [1.29, 1.82) is 0 Å². The van der Waals surface area contributed by atoms with Crippen LogP contribution in [0.15, 0.2) is 24.3 Å². The van der Waals surface area contributed by atoms with E-state index in [-0.39, 0.29) is 23.8 Å². The molecule has 2 atom stereocenters. The summed E-state index contributed by atoms with van der Waals surface area (Å²) in [6, 6.07) is 7.03. The van der Waals surface area contributed by atoms with E-state index in [1.165, 1.54) is 0 Å². The maximum absolute atomic E-state index is 12.6. The van der Waals surface area contributed by atoms with Gasteiger partial charge in [-0.1, -0.05) is 32.0 Å². The summed E-state index contributed by atoms with van der Waals surface area (Å²) in [7, 11) is 0. The lowest BCUT2D eigenvalue weighted by atomic mass is 10.0. The van der Waals surface area contributed by atoms with Gasteiger partial charge in [0.25, 0.3) is 5.91 Å². The molecule has 1 heterocycles. The molecule has 2 amide bonds. The third kappa shape index (κ3) is 4.79. The number of rotatable bonds is 5. The third-order valence-electron chi connectivity index (χ3n) is 4.27. The minimum absolute atomic E-state index is 0.0273. The SMILES string of the molecule is Cc1ccccc1C(=O)NC(C(=O)N[C@H]1CCCNC1)C(C)C. The first-order valence-electron chi connectivity index (χ1n) is 8.36. The molecule has 5 heteroatoms. The highest BCUT2D eigenvalue weighted by Crippen LogP contribution is 2.10. The topological polar surface area (TPSA) is 70.2 Å². The summed E-state index contributed by atoms with van der Waals surface area (Å²) in [5.41, 5.74) is 1.52. The number of hydrogen-bond donors (Lipinski definition) is 3. The van der Waals surface area contributed by atoms with Crippen LogP contribution < -0.4 is 16.0 Å². The highest BCUT2D eigenvalue weighted by atomic mass is 16.2. The summed E-state index contributed by atoms with van der Waals surface area (Å²) >= 11 is 0. The molecule has 1 aromatic carbocycles. The molecule has 1 aromatic rings. The van der Waals surface area contributed by atoms with Crippen LogP contribution in [-0.4, -0.2) is 37.0 Å². The number of carbonyl (C=O) groups excluding carboxylic acids is 2. The molecule has 5 nitrogen and oxygen atoms in total. The number of nitrogens with one attached hydrogen (secondary N) is 3. The highest BCUT2D eigenvalue weighted by Gasteiger charge is 2.27. The molecule has 1 aliphatic rings. The third-order valence-corrected chi connectivity index (χ3v) is 4.27. The molecule has 0 aliphatic carbocycles. The molecular weight excluding hydrogens is 290 g/mol. The Morgan fingerprint density at radius 2 is 2.00 bits per heavy atom. The van der Waals surface area contributed by atoms with Crippen molar-refractivity contribution in [2.24, 2.45) is 5.92 Å². The van der Waals surface area contributed by atoms with Gasteiger partial charge in [-0.05, 0) is 43.9 Å². The van der Waals surface area contributed by atoms with Gasteiger partial charge in [0, 0.05) is 18.2 Å². The fourth-order valence-corrected chi connectivity index (χ4v) is 2.85. The average molecular weight is 317 g/mol. The largest absolute Gasteiger partial charge is 0.350 e. The van der Waals surface area contributed by atoms with E-state index in [0.717, 1.165) is 31.5 Å². The van der Waals surface area contributed by atoms with Crippen LogP contribution in [-0.2, 0) is 4.79 Å². The molecule has 0 saturated carbocycles. The second-order valence-electron chi connectivity index (χ2n) is 6.56. The van der Waals surface area contributed by atoms with Gasteiger partial charge in [0.05, 0.1) is 0 Å². The minimum atomic E-state index is -0.524. The molecule has 126 valence electrons. The monoisotopic (exact) mass is 317 g/mol. The van der Waals surface area contributed by atoms with Gasteiger partial charge >= 0.3 is 0 Å². The van der Waals surface area contributed by atoms with Crippen molar-refractivity contribution < 1.29 is 9.59 Å². The van der Waals surface area contributed by atoms with Crippen molar-refractivity contribution in [3.05, 3.63) is 35.4 Å². The number of hydrogen-bond acceptors (Lipinski definition) is 3. The Balaban J connectivity index is 2.01. The Hall–Kier alpha value is -1.88. The molecule has 23 heavy (non-hydrogen) atoms. The number of aryl methyl sites for hydroxylation is 1. The fourth-order valence-electron chi connectivity index (χ4n) is 2.85. The molecule has 0 bridgehead atoms. The van der Waals surface area contributed by atoms with Gasteiger partial charge in [-0.25, -0.2) is 0 Å². The zero-order valence-electron chi connectivity index (χ0n) is 14.2. The molecule has 0 radical (unpaired) electrons. The smallest absolute Gasteiger partial charge is 0.252 e. The van der Waals surface area contributed by atoms with Crippen molar-refractivity contribution in [2.45, 2.75) is 45.7 Å². The first-order chi connectivity index (χ1) is 11.0. The van der Waals surface area contributed by atoms with Gasteiger partial charge in [0.15, 0.2) is 0 Å². The fraction of sp³-hybridized carbons (Fsp3) is 0.556. The van der Waals surface area contributed by atoms with E-state index in [4.69, 9.17) is 0 Å². The second-order valence-corrected chi connectivity index (χ2v) is 6.56. The standard InChI is InChI=1S/C18H27N3O2/c1-12(2)16(18(23)20-14-8-6-10-19-11-14)21-17(22)15-9-5-4-7-13(15)3/h4-5,7,9,12,14,16,19H,6,8,10-11H2,1-3H3,(H,20,23)(H,21,22)/t14-,16?/m0/s1. The van der Waals surface area contributed by atoms with E-state index < -0.39 is 6.04 Å². The zero-order chi connectivity index (χ0) is 16.8. The second kappa shape index (κ2) is 8.11. The maximum atomic E-state index is 12.6. The number of carbonyl (C=O) groups is 2.